The van der Waals surface area contributed by atoms with E-state index in [0.717, 1.165) is 11.1 Å². The third-order valence-electron chi connectivity index (χ3n) is 3.44. The molecule has 122 valence electrons. The molecule has 7 heteroatoms. The van der Waals surface area contributed by atoms with E-state index in [1.807, 2.05) is 60.7 Å². The molecule has 0 fully saturated rings. The third kappa shape index (κ3) is 3.82. The second kappa shape index (κ2) is 7.47. The molecule has 3 rings (SSSR count). The predicted octanol–water partition coefficient (Wildman–Crippen LogP) is 2.15. The summed E-state index contributed by atoms with van der Waals surface area (Å²) in [5.41, 5.74) is 4.22. The van der Waals surface area contributed by atoms with E-state index >= 15 is 0 Å². The number of hydrogen-bond donors (Lipinski definition) is 1. The molecular weight excluding hydrogens is 306 g/mol. The van der Waals surface area contributed by atoms with Crippen LogP contribution in [-0.2, 0) is 16.2 Å². The molecule has 1 N–H and O–H groups in total. The summed E-state index contributed by atoms with van der Waals surface area (Å²) in [5, 5.41) is 12.2. The smallest absolute Gasteiger partial charge is 0.270 e. The maximum atomic E-state index is 12.1. The van der Waals surface area contributed by atoms with Crippen LogP contribution < -0.4 is 5.48 Å². The highest BCUT2D eigenvalue weighted by Crippen LogP contribution is 2.13. The van der Waals surface area contributed by atoms with E-state index in [9.17, 15) is 4.79 Å². The lowest BCUT2D eigenvalue weighted by molar-refractivity contribution is -0.138. The summed E-state index contributed by atoms with van der Waals surface area (Å²) in [4.78, 5) is 18.6. The Bertz CT molecular complexity index is 789. The summed E-state index contributed by atoms with van der Waals surface area (Å²) in [6.07, 6.45) is 0. The van der Waals surface area contributed by atoms with Crippen molar-refractivity contribution in [2.75, 3.05) is 0 Å². The van der Waals surface area contributed by atoms with Gasteiger partial charge in [-0.25, -0.2) is 5.48 Å². The topological polar surface area (TPSA) is 81.9 Å². The SMILES string of the molecule is CC(C(=O)NOCc1ccccc1)n1nnc(-c2ccccc2)n1. The van der Waals surface area contributed by atoms with Gasteiger partial charge in [0.25, 0.3) is 5.91 Å². The first-order chi connectivity index (χ1) is 11.7. The number of nitrogens with zero attached hydrogens (tertiary/aromatic N) is 4. The fourth-order valence-corrected chi connectivity index (χ4v) is 2.05. The van der Waals surface area contributed by atoms with E-state index in [2.05, 4.69) is 20.9 Å². The minimum atomic E-state index is -0.634. The summed E-state index contributed by atoms with van der Waals surface area (Å²) in [6, 6.07) is 18.4. The predicted molar refractivity (Wildman–Crippen MR) is 87.3 cm³/mol. The Balaban J connectivity index is 1.57. The number of hydroxylamine groups is 1. The molecule has 7 nitrogen and oxygen atoms in total. The standard InChI is InChI=1S/C17H17N5O2/c1-13(17(23)20-24-12-14-8-4-2-5-9-14)22-19-16(18-21-22)15-10-6-3-7-11-15/h2-11,13H,12H2,1H3,(H,20,23). The van der Waals surface area contributed by atoms with Crippen molar-refractivity contribution < 1.29 is 9.63 Å². The molecule has 1 amide bonds. The Labute approximate surface area is 139 Å². The molecule has 0 aliphatic heterocycles. The average molecular weight is 323 g/mol. The molecule has 0 aliphatic rings. The monoisotopic (exact) mass is 323 g/mol. The molecule has 24 heavy (non-hydrogen) atoms. The first kappa shape index (κ1) is 15.8. The largest absolute Gasteiger partial charge is 0.270 e. The lowest BCUT2D eigenvalue weighted by Crippen LogP contribution is -2.32. The van der Waals surface area contributed by atoms with Gasteiger partial charge in [-0.15, -0.1) is 10.2 Å². The Kier molecular flexibility index (Phi) is 4.93. The third-order valence-corrected chi connectivity index (χ3v) is 3.44. The fourth-order valence-electron chi connectivity index (χ4n) is 2.05. The molecule has 1 heterocycles. The molecule has 1 unspecified atom stereocenters. The molecule has 0 radical (unpaired) electrons. The molecule has 0 saturated heterocycles. The maximum Gasteiger partial charge on any atom is 0.270 e. The molecule has 3 aromatic rings. The molecular formula is C17H17N5O2. The van der Waals surface area contributed by atoms with Gasteiger partial charge in [0.1, 0.15) is 0 Å². The maximum absolute atomic E-state index is 12.1. The normalized spacial score (nSPS) is 11.9. The molecule has 1 atom stereocenters. The van der Waals surface area contributed by atoms with Crippen LogP contribution in [0, 0.1) is 0 Å². The number of amides is 1. The summed E-state index contributed by atoms with van der Waals surface area (Å²) < 4.78 is 0. The van der Waals surface area contributed by atoms with Crippen molar-refractivity contribution in [2.45, 2.75) is 19.6 Å². The zero-order chi connectivity index (χ0) is 16.8. The first-order valence-electron chi connectivity index (χ1n) is 7.54. The lowest BCUT2D eigenvalue weighted by Gasteiger charge is -2.10. The van der Waals surface area contributed by atoms with Gasteiger partial charge in [0.15, 0.2) is 6.04 Å². The minimum Gasteiger partial charge on any atom is -0.270 e. The van der Waals surface area contributed by atoms with Crippen LogP contribution in [0.5, 0.6) is 0 Å². The first-order valence-corrected chi connectivity index (χ1v) is 7.54. The zero-order valence-corrected chi connectivity index (χ0v) is 13.2. The van der Waals surface area contributed by atoms with Crippen LogP contribution in [-0.4, -0.2) is 26.1 Å². The number of tetrazole rings is 1. The Hall–Kier alpha value is -3.06. The number of hydrogen-bond acceptors (Lipinski definition) is 5. The van der Waals surface area contributed by atoms with Crippen molar-refractivity contribution in [3.8, 4) is 11.4 Å². The van der Waals surface area contributed by atoms with Crippen LogP contribution in [0.25, 0.3) is 11.4 Å². The van der Waals surface area contributed by atoms with E-state index in [1.165, 1.54) is 4.80 Å². The van der Waals surface area contributed by atoms with Gasteiger partial charge in [0.2, 0.25) is 5.82 Å². The van der Waals surface area contributed by atoms with Crippen LogP contribution in [0.4, 0.5) is 0 Å². The highest BCUT2D eigenvalue weighted by molar-refractivity contribution is 5.78. The van der Waals surface area contributed by atoms with Crippen molar-refractivity contribution in [2.24, 2.45) is 0 Å². The van der Waals surface area contributed by atoms with E-state index in [1.54, 1.807) is 6.92 Å². The van der Waals surface area contributed by atoms with Gasteiger partial charge in [0.05, 0.1) is 6.61 Å². The minimum absolute atomic E-state index is 0.291. The van der Waals surface area contributed by atoms with Crippen molar-refractivity contribution >= 4 is 5.91 Å². The Morgan fingerprint density at radius 3 is 2.50 bits per heavy atom. The summed E-state index contributed by atoms with van der Waals surface area (Å²) >= 11 is 0. The van der Waals surface area contributed by atoms with Gasteiger partial charge in [0, 0.05) is 5.56 Å². The van der Waals surface area contributed by atoms with Gasteiger partial charge >= 0.3 is 0 Å². The van der Waals surface area contributed by atoms with Crippen LogP contribution in [0.15, 0.2) is 60.7 Å². The second-order valence-corrected chi connectivity index (χ2v) is 5.22. The van der Waals surface area contributed by atoms with Crippen LogP contribution in [0.2, 0.25) is 0 Å². The molecule has 1 aromatic heterocycles. The number of carbonyl (C=O) groups excluding carboxylic acids is 1. The van der Waals surface area contributed by atoms with Gasteiger partial charge in [-0.1, -0.05) is 60.7 Å². The van der Waals surface area contributed by atoms with E-state index in [-0.39, 0.29) is 5.91 Å². The van der Waals surface area contributed by atoms with Crippen molar-refractivity contribution in [3.05, 3.63) is 66.2 Å². The van der Waals surface area contributed by atoms with E-state index in [4.69, 9.17) is 4.84 Å². The number of benzene rings is 2. The molecule has 0 bridgehead atoms. The summed E-state index contributed by atoms with van der Waals surface area (Å²) in [6.45, 7) is 1.97. The van der Waals surface area contributed by atoms with Crippen molar-refractivity contribution in [1.82, 2.24) is 25.7 Å². The van der Waals surface area contributed by atoms with E-state index < -0.39 is 6.04 Å². The van der Waals surface area contributed by atoms with E-state index in [0.29, 0.717) is 12.4 Å². The van der Waals surface area contributed by atoms with Gasteiger partial charge in [-0.05, 0) is 17.7 Å². The number of nitrogens with one attached hydrogen (secondary N) is 1. The van der Waals surface area contributed by atoms with Gasteiger partial charge in [-0.2, -0.15) is 4.80 Å². The second-order valence-electron chi connectivity index (χ2n) is 5.22. The number of aromatic nitrogens is 4. The van der Waals surface area contributed by atoms with Crippen LogP contribution >= 0.6 is 0 Å². The lowest BCUT2D eigenvalue weighted by atomic mass is 10.2. The number of rotatable bonds is 6. The summed E-state index contributed by atoms with van der Waals surface area (Å²) in [5.74, 6) is 0.128. The van der Waals surface area contributed by atoms with Gasteiger partial charge < -0.3 is 0 Å². The van der Waals surface area contributed by atoms with Gasteiger partial charge in [-0.3, -0.25) is 9.63 Å². The Morgan fingerprint density at radius 1 is 1.12 bits per heavy atom. The van der Waals surface area contributed by atoms with Crippen LogP contribution in [0.3, 0.4) is 0 Å². The number of carbonyl (C=O) groups is 1. The molecule has 0 spiro atoms. The fraction of sp³-hybridized carbons (Fsp3) is 0.176. The highest BCUT2D eigenvalue weighted by atomic mass is 16.6. The zero-order valence-electron chi connectivity index (χ0n) is 13.2. The quantitative estimate of drug-likeness (QED) is 0.703. The van der Waals surface area contributed by atoms with Crippen molar-refractivity contribution in [3.63, 3.8) is 0 Å². The Morgan fingerprint density at radius 2 is 1.79 bits per heavy atom. The highest BCUT2D eigenvalue weighted by Gasteiger charge is 2.18. The average Bonchev–Trinajstić information content (AvgIpc) is 3.13. The van der Waals surface area contributed by atoms with Crippen molar-refractivity contribution in [1.29, 1.82) is 0 Å². The summed E-state index contributed by atoms with van der Waals surface area (Å²) in [7, 11) is 0. The molecule has 2 aromatic carbocycles. The molecule has 0 saturated carbocycles. The molecule has 0 aliphatic carbocycles. The van der Waals surface area contributed by atoms with Crippen LogP contribution in [0.1, 0.15) is 18.5 Å².